The number of methoxy groups -OCH3 is 2. The molecule has 1 aromatic heterocycles. The number of hydrogen-bond acceptors (Lipinski definition) is 6. The van der Waals surface area contributed by atoms with Crippen LogP contribution >= 0.6 is 11.3 Å². The Morgan fingerprint density at radius 1 is 1.14 bits per heavy atom. The fourth-order valence-corrected chi connectivity index (χ4v) is 3.82. The molecule has 1 saturated carbocycles. The summed E-state index contributed by atoms with van der Waals surface area (Å²) in [6.45, 7) is 0. The van der Waals surface area contributed by atoms with Crippen molar-refractivity contribution in [3.63, 3.8) is 0 Å². The van der Waals surface area contributed by atoms with Crippen molar-refractivity contribution in [2.75, 3.05) is 24.9 Å². The van der Waals surface area contributed by atoms with Gasteiger partial charge in [-0.2, -0.15) is 0 Å². The number of nitrogens with zero attached hydrogens (tertiary/aromatic N) is 1. The summed E-state index contributed by atoms with van der Waals surface area (Å²) < 4.78 is 10.4. The van der Waals surface area contributed by atoms with Gasteiger partial charge >= 0.3 is 6.03 Å². The molecule has 1 fully saturated rings. The van der Waals surface area contributed by atoms with Gasteiger partial charge in [0.1, 0.15) is 0 Å². The highest BCUT2D eigenvalue weighted by molar-refractivity contribution is 7.13. The van der Waals surface area contributed by atoms with Gasteiger partial charge in [-0.15, -0.1) is 11.3 Å². The van der Waals surface area contributed by atoms with E-state index in [9.17, 15) is 9.59 Å². The molecule has 0 unspecified atom stereocenters. The van der Waals surface area contributed by atoms with Crippen molar-refractivity contribution in [2.45, 2.75) is 38.1 Å². The summed E-state index contributed by atoms with van der Waals surface area (Å²) in [7, 11) is 3.09. The van der Waals surface area contributed by atoms with E-state index in [1.54, 1.807) is 30.7 Å². The molecule has 0 bridgehead atoms. The number of anilines is 2. The molecule has 9 heteroatoms. The second kappa shape index (κ2) is 9.41. The second-order valence-corrected chi connectivity index (χ2v) is 7.38. The number of carbonyl (C=O) groups is 2. The number of amides is 3. The van der Waals surface area contributed by atoms with Gasteiger partial charge in [0, 0.05) is 23.2 Å². The molecule has 8 nitrogen and oxygen atoms in total. The zero-order chi connectivity index (χ0) is 19.9. The van der Waals surface area contributed by atoms with E-state index < -0.39 is 0 Å². The molecule has 0 radical (unpaired) electrons. The van der Waals surface area contributed by atoms with Crippen LogP contribution in [0.25, 0.3) is 0 Å². The molecule has 3 rings (SSSR count). The minimum Gasteiger partial charge on any atom is -0.493 e. The number of ether oxygens (including phenoxy) is 2. The number of thiazole rings is 1. The normalized spacial score (nSPS) is 13.8. The summed E-state index contributed by atoms with van der Waals surface area (Å²) in [4.78, 5) is 28.6. The van der Waals surface area contributed by atoms with Crippen LogP contribution in [-0.4, -0.2) is 37.2 Å². The molecule has 1 aliphatic carbocycles. The van der Waals surface area contributed by atoms with Gasteiger partial charge in [-0.3, -0.25) is 10.1 Å². The molecular weight excluding hydrogens is 380 g/mol. The first-order valence-corrected chi connectivity index (χ1v) is 9.99. The Labute approximate surface area is 167 Å². The number of aromatic nitrogens is 1. The van der Waals surface area contributed by atoms with Crippen molar-refractivity contribution in [1.82, 2.24) is 10.3 Å². The smallest absolute Gasteiger partial charge is 0.321 e. The van der Waals surface area contributed by atoms with Crippen molar-refractivity contribution in [1.29, 1.82) is 0 Å². The molecule has 1 aromatic carbocycles. The van der Waals surface area contributed by atoms with Crippen LogP contribution in [0.15, 0.2) is 23.6 Å². The number of rotatable bonds is 7. The maximum Gasteiger partial charge on any atom is 0.321 e. The number of carbonyl (C=O) groups excluding carboxylic acids is 2. The molecule has 150 valence electrons. The Balaban J connectivity index is 1.51. The van der Waals surface area contributed by atoms with Gasteiger partial charge in [0.2, 0.25) is 5.91 Å². The van der Waals surface area contributed by atoms with Crippen LogP contribution in [0.4, 0.5) is 15.6 Å². The lowest BCUT2D eigenvalue weighted by Crippen LogP contribution is -2.36. The molecule has 28 heavy (non-hydrogen) atoms. The zero-order valence-electron chi connectivity index (χ0n) is 15.9. The van der Waals surface area contributed by atoms with Crippen LogP contribution in [-0.2, 0) is 11.2 Å². The highest BCUT2D eigenvalue weighted by Gasteiger charge is 2.18. The van der Waals surface area contributed by atoms with Gasteiger partial charge in [-0.25, -0.2) is 9.78 Å². The number of benzene rings is 1. The molecule has 0 saturated heterocycles. The van der Waals surface area contributed by atoms with Gasteiger partial charge in [0.25, 0.3) is 0 Å². The first-order chi connectivity index (χ1) is 13.6. The molecule has 1 aliphatic rings. The minimum absolute atomic E-state index is 0.108. The second-order valence-electron chi connectivity index (χ2n) is 6.52. The third-order valence-corrected chi connectivity index (χ3v) is 5.28. The van der Waals surface area contributed by atoms with Gasteiger partial charge in [-0.05, 0) is 25.0 Å². The minimum atomic E-state index is -0.248. The van der Waals surface area contributed by atoms with Crippen molar-refractivity contribution in [3.05, 3.63) is 29.3 Å². The number of nitrogens with one attached hydrogen (secondary N) is 3. The van der Waals surface area contributed by atoms with Crippen LogP contribution in [0.5, 0.6) is 11.5 Å². The average molecular weight is 404 g/mol. The summed E-state index contributed by atoms with van der Waals surface area (Å²) in [5.41, 5.74) is 1.20. The molecular formula is C19H24N4O4S. The Morgan fingerprint density at radius 3 is 2.61 bits per heavy atom. The molecule has 3 N–H and O–H groups in total. The fourth-order valence-electron chi connectivity index (χ4n) is 3.12. The van der Waals surface area contributed by atoms with Crippen LogP contribution < -0.4 is 25.4 Å². The topological polar surface area (TPSA) is 102 Å². The summed E-state index contributed by atoms with van der Waals surface area (Å²) in [5, 5.41) is 10.7. The quantitative estimate of drug-likeness (QED) is 0.656. The highest BCUT2D eigenvalue weighted by Crippen LogP contribution is 2.29. The summed E-state index contributed by atoms with van der Waals surface area (Å²) in [5.74, 6) is 0.916. The fraction of sp³-hybridized carbons (Fsp3) is 0.421. The maximum atomic E-state index is 12.3. The molecule has 3 amide bonds. The maximum absolute atomic E-state index is 12.3. The number of urea groups is 1. The van der Waals surface area contributed by atoms with E-state index in [1.165, 1.54) is 18.4 Å². The molecule has 0 atom stereocenters. The van der Waals surface area contributed by atoms with Crippen LogP contribution in [0, 0.1) is 0 Å². The standard InChI is InChI=1S/C19H24N4O4S/c1-26-15-8-7-13(9-16(15)27-2)20-17(24)10-14-11-28-19(22-14)23-18(25)21-12-5-3-4-6-12/h7-9,11-12H,3-6,10H2,1-2H3,(H,20,24)(H2,21,22,23,25). The van der Waals surface area contributed by atoms with Crippen molar-refractivity contribution >= 4 is 34.1 Å². The molecule has 1 heterocycles. The van der Waals surface area contributed by atoms with E-state index in [0.29, 0.717) is 28.0 Å². The highest BCUT2D eigenvalue weighted by atomic mass is 32.1. The van der Waals surface area contributed by atoms with E-state index in [4.69, 9.17) is 9.47 Å². The third kappa shape index (κ3) is 5.35. The lowest BCUT2D eigenvalue weighted by Gasteiger charge is -2.11. The first-order valence-electron chi connectivity index (χ1n) is 9.11. The zero-order valence-corrected chi connectivity index (χ0v) is 16.7. The van der Waals surface area contributed by atoms with Crippen LogP contribution in [0.2, 0.25) is 0 Å². The van der Waals surface area contributed by atoms with Crippen LogP contribution in [0.1, 0.15) is 31.4 Å². The van der Waals surface area contributed by atoms with E-state index >= 15 is 0 Å². The number of hydrogen-bond donors (Lipinski definition) is 3. The molecule has 0 spiro atoms. The Bertz CT molecular complexity index is 833. The van der Waals surface area contributed by atoms with E-state index in [1.807, 2.05) is 0 Å². The van der Waals surface area contributed by atoms with Gasteiger partial charge < -0.3 is 20.1 Å². The van der Waals surface area contributed by atoms with Crippen molar-refractivity contribution in [3.8, 4) is 11.5 Å². The van der Waals surface area contributed by atoms with Gasteiger partial charge in [-0.1, -0.05) is 12.8 Å². The lowest BCUT2D eigenvalue weighted by molar-refractivity contribution is -0.115. The summed E-state index contributed by atoms with van der Waals surface area (Å²) >= 11 is 1.30. The largest absolute Gasteiger partial charge is 0.493 e. The predicted molar refractivity (Wildman–Crippen MR) is 108 cm³/mol. The lowest BCUT2D eigenvalue weighted by atomic mass is 10.2. The molecule has 2 aromatic rings. The van der Waals surface area contributed by atoms with Gasteiger partial charge in [0.15, 0.2) is 16.6 Å². The van der Waals surface area contributed by atoms with E-state index in [2.05, 4.69) is 20.9 Å². The average Bonchev–Trinajstić information content (AvgIpc) is 3.33. The Hall–Kier alpha value is -2.81. The monoisotopic (exact) mass is 404 g/mol. The van der Waals surface area contributed by atoms with Crippen molar-refractivity contribution in [2.24, 2.45) is 0 Å². The van der Waals surface area contributed by atoms with Crippen molar-refractivity contribution < 1.29 is 19.1 Å². The Morgan fingerprint density at radius 2 is 1.89 bits per heavy atom. The SMILES string of the molecule is COc1ccc(NC(=O)Cc2csc(NC(=O)NC3CCCC3)n2)cc1OC. The summed E-state index contributed by atoms with van der Waals surface area (Å²) in [6, 6.07) is 5.15. The molecule has 0 aliphatic heterocycles. The third-order valence-electron chi connectivity index (χ3n) is 4.47. The summed E-state index contributed by atoms with van der Waals surface area (Å²) in [6.07, 6.45) is 4.46. The van der Waals surface area contributed by atoms with Gasteiger partial charge in [0.05, 0.1) is 26.3 Å². The first kappa shape index (κ1) is 19.9. The Kier molecular flexibility index (Phi) is 6.70. The van der Waals surface area contributed by atoms with E-state index in [0.717, 1.165) is 25.7 Å². The predicted octanol–water partition coefficient (Wildman–Crippen LogP) is 3.41. The van der Waals surface area contributed by atoms with E-state index in [-0.39, 0.29) is 24.4 Å². The van der Waals surface area contributed by atoms with Crippen LogP contribution in [0.3, 0.4) is 0 Å².